The molecule has 0 radical (unpaired) electrons. The molecule has 0 unspecified atom stereocenters. The predicted octanol–water partition coefficient (Wildman–Crippen LogP) is 14.0. The van der Waals surface area contributed by atoms with Crippen LogP contribution in [0.2, 0.25) is 0 Å². The Hall–Kier alpha value is -1.41. The molecule has 0 saturated heterocycles. The van der Waals surface area contributed by atoms with Crippen molar-refractivity contribution in [2.75, 3.05) is 0 Å². The highest BCUT2D eigenvalue weighted by molar-refractivity contribution is 6.32. The van der Waals surface area contributed by atoms with E-state index < -0.39 is 5.97 Å². The zero-order valence-electron chi connectivity index (χ0n) is 29.7. The highest BCUT2D eigenvalue weighted by Crippen LogP contribution is 2.17. The normalized spacial score (nSPS) is 11.4. The van der Waals surface area contributed by atoms with E-state index in [1.807, 2.05) is 0 Å². The number of carbonyl (C=O) groups is 1. The van der Waals surface area contributed by atoms with Crippen molar-refractivity contribution in [1.82, 2.24) is 0 Å². The van der Waals surface area contributed by atoms with E-state index in [2.05, 4.69) is 23.9 Å². The van der Waals surface area contributed by atoms with Gasteiger partial charge in [0.05, 0.1) is 6.42 Å². The topological polar surface area (TPSA) is 73.7 Å². The summed E-state index contributed by atoms with van der Waals surface area (Å²) in [6, 6.07) is 0. The van der Waals surface area contributed by atoms with Crippen molar-refractivity contribution in [3.8, 4) is 0 Å². The zero-order chi connectivity index (χ0) is 32.0. The number of carboxylic acid groups (broad SMARTS) is 1. The molecule has 258 valence electrons. The second kappa shape index (κ2) is 37.8. The molecule has 0 aliphatic heterocycles. The quantitative estimate of drug-likeness (QED) is 0.0248. The summed E-state index contributed by atoms with van der Waals surface area (Å²) in [5.41, 5.74) is 8.51. The van der Waals surface area contributed by atoms with Crippen molar-refractivity contribution >= 4 is 11.7 Å². The van der Waals surface area contributed by atoms with E-state index in [1.54, 1.807) is 0 Å². The van der Waals surface area contributed by atoms with Gasteiger partial charge in [0.15, 0.2) is 0 Å². The third-order valence-electron chi connectivity index (χ3n) is 9.29. The van der Waals surface area contributed by atoms with Crippen molar-refractivity contribution < 1.29 is 14.7 Å². The Morgan fingerprint density at radius 1 is 0.455 bits per heavy atom. The second-order valence-corrected chi connectivity index (χ2v) is 13.6. The fraction of sp³-hybridized carbons (Fsp3) is 0.900. The molecule has 0 fully saturated rings. The molecule has 1 N–H and O–H groups in total. The number of nitrogens with zero attached hydrogens (tertiary/aromatic N) is 2. The maximum Gasteiger partial charge on any atom is 0.414 e. The fourth-order valence-electron chi connectivity index (χ4n) is 6.28. The summed E-state index contributed by atoms with van der Waals surface area (Å²) in [6.07, 6.45) is 51.7. The number of hydrogen-bond donors (Lipinski definition) is 1. The molecular formula is C40H76N2O2. The van der Waals surface area contributed by atoms with Crippen LogP contribution in [0.5, 0.6) is 0 Å². The van der Waals surface area contributed by atoms with E-state index in [0.29, 0.717) is 6.42 Å². The van der Waals surface area contributed by atoms with Crippen molar-refractivity contribution in [1.29, 1.82) is 0 Å². The number of carboxylic acids is 1. The molecule has 0 aliphatic rings. The Morgan fingerprint density at radius 3 is 0.955 bits per heavy atom. The monoisotopic (exact) mass is 617 g/mol. The largest absolute Gasteiger partial charge is 0.473 e. The molecule has 0 saturated carbocycles. The molecule has 4 heteroatoms. The average molecular weight is 617 g/mol. The van der Waals surface area contributed by atoms with E-state index in [4.69, 9.17) is 10.6 Å². The Balaban J connectivity index is 3.11. The lowest BCUT2D eigenvalue weighted by Crippen LogP contribution is -2.13. The van der Waals surface area contributed by atoms with Crippen molar-refractivity contribution in [3.05, 3.63) is 17.7 Å². The van der Waals surface area contributed by atoms with Gasteiger partial charge in [-0.05, 0) is 32.1 Å². The smallest absolute Gasteiger partial charge is 0.414 e. The third kappa shape index (κ3) is 35.1. The van der Waals surface area contributed by atoms with E-state index in [9.17, 15) is 4.79 Å². The van der Waals surface area contributed by atoms with Gasteiger partial charge in [0.25, 0.3) is 0 Å². The fourth-order valence-corrected chi connectivity index (χ4v) is 6.28. The Morgan fingerprint density at radius 2 is 0.705 bits per heavy atom. The van der Waals surface area contributed by atoms with Crippen molar-refractivity contribution in [2.24, 2.45) is 0 Å². The first-order valence-electron chi connectivity index (χ1n) is 19.8. The van der Waals surface area contributed by atoms with Gasteiger partial charge in [-0.15, -0.1) is 0 Å². The number of aliphatic carboxylic acids is 1. The molecule has 0 aromatic rings. The van der Waals surface area contributed by atoms with Crippen LogP contribution in [0.3, 0.4) is 0 Å². The van der Waals surface area contributed by atoms with Crippen LogP contribution in [0.1, 0.15) is 232 Å². The SMILES string of the molecule is CCCCC/C=C/CCCCCCCCCCCCCCCCCCCCCCCCCCCCCCCC(=[N+]=[N-])C(=O)O. The first-order valence-corrected chi connectivity index (χ1v) is 19.8. The standard InChI is InChI=1S/C40H76N2O2/c1-2-3-4-5-6-7-8-9-10-11-12-13-14-15-16-17-18-19-20-21-22-23-24-25-26-27-28-29-30-31-32-33-34-35-36-37-38-39(42-41)40(43)44/h6-7H,2-5,8-38H2,1H3,(H,43,44)/b7-6+. The predicted molar refractivity (Wildman–Crippen MR) is 193 cm³/mol. The van der Waals surface area contributed by atoms with Crippen LogP contribution in [0.15, 0.2) is 12.2 Å². The molecular weight excluding hydrogens is 540 g/mol. The summed E-state index contributed by atoms with van der Waals surface area (Å²) in [5, 5.41) is 8.81. The average Bonchev–Trinajstić information content (AvgIpc) is 3.02. The Kier molecular flexibility index (Phi) is 36.6. The Labute approximate surface area is 275 Å². The van der Waals surface area contributed by atoms with Crippen LogP contribution in [0.25, 0.3) is 5.53 Å². The van der Waals surface area contributed by atoms with Crippen molar-refractivity contribution in [3.63, 3.8) is 0 Å². The number of rotatable bonds is 37. The van der Waals surface area contributed by atoms with Gasteiger partial charge >= 0.3 is 11.7 Å². The summed E-state index contributed by atoms with van der Waals surface area (Å²) < 4.78 is 0. The van der Waals surface area contributed by atoms with Crippen LogP contribution < -0.4 is 0 Å². The molecule has 0 aromatic carbocycles. The summed E-state index contributed by atoms with van der Waals surface area (Å²) >= 11 is 0. The minimum absolute atomic E-state index is 0.120. The molecule has 0 aromatic heterocycles. The molecule has 0 amide bonds. The van der Waals surface area contributed by atoms with Gasteiger partial charge in [0.1, 0.15) is 0 Å². The van der Waals surface area contributed by atoms with Crippen LogP contribution in [-0.2, 0) is 4.79 Å². The van der Waals surface area contributed by atoms with Gasteiger partial charge in [-0.2, -0.15) is 4.79 Å². The third-order valence-corrected chi connectivity index (χ3v) is 9.29. The molecule has 0 atom stereocenters. The molecule has 0 spiro atoms. The van der Waals surface area contributed by atoms with E-state index >= 15 is 0 Å². The zero-order valence-corrected chi connectivity index (χ0v) is 29.7. The van der Waals surface area contributed by atoms with E-state index in [0.717, 1.165) is 19.3 Å². The second-order valence-electron chi connectivity index (χ2n) is 13.6. The lowest BCUT2D eigenvalue weighted by molar-refractivity contribution is -0.134. The molecule has 0 heterocycles. The first kappa shape index (κ1) is 42.6. The Bertz CT molecular complexity index is 668. The first-order chi connectivity index (χ1) is 21.7. The number of hydrogen-bond acceptors (Lipinski definition) is 1. The lowest BCUT2D eigenvalue weighted by atomic mass is 10.0. The maximum atomic E-state index is 10.8. The molecule has 0 bridgehead atoms. The van der Waals surface area contributed by atoms with Crippen LogP contribution >= 0.6 is 0 Å². The van der Waals surface area contributed by atoms with E-state index in [1.165, 1.54) is 199 Å². The highest BCUT2D eigenvalue weighted by Gasteiger charge is 2.16. The minimum Gasteiger partial charge on any atom is -0.473 e. The van der Waals surface area contributed by atoms with Crippen molar-refractivity contribution in [2.45, 2.75) is 232 Å². The maximum absolute atomic E-state index is 10.8. The van der Waals surface area contributed by atoms with Gasteiger partial charge in [0.2, 0.25) is 0 Å². The van der Waals surface area contributed by atoms with E-state index in [-0.39, 0.29) is 5.71 Å². The van der Waals surface area contributed by atoms with Crippen LogP contribution in [-0.4, -0.2) is 21.6 Å². The molecule has 44 heavy (non-hydrogen) atoms. The summed E-state index contributed by atoms with van der Waals surface area (Å²) in [6.45, 7) is 2.28. The molecule has 0 aliphatic carbocycles. The summed E-state index contributed by atoms with van der Waals surface area (Å²) in [4.78, 5) is 13.6. The van der Waals surface area contributed by atoms with Gasteiger partial charge in [-0.3, -0.25) is 0 Å². The van der Waals surface area contributed by atoms with Gasteiger partial charge in [-0.1, -0.05) is 205 Å². The van der Waals surface area contributed by atoms with Gasteiger partial charge < -0.3 is 10.6 Å². The summed E-state index contributed by atoms with van der Waals surface area (Å²) in [5.74, 6) is -1.11. The minimum atomic E-state index is -1.11. The van der Waals surface area contributed by atoms with Gasteiger partial charge in [-0.25, -0.2) is 4.79 Å². The van der Waals surface area contributed by atoms with Crippen LogP contribution in [0, 0.1) is 0 Å². The summed E-state index contributed by atoms with van der Waals surface area (Å²) in [7, 11) is 0. The lowest BCUT2D eigenvalue weighted by Gasteiger charge is -2.04. The highest BCUT2D eigenvalue weighted by atomic mass is 16.4. The number of allylic oxidation sites excluding steroid dienone is 2. The molecule has 0 rings (SSSR count). The van der Waals surface area contributed by atoms with Crippen LogP contribution in [0.4, 0.5) is 0 Å². The molecule has 4 nitrogen and oxygen atoms in total. The van der Waals surface area contributed by atoms with Gasteiger partial charge in [0, 0.05) is 0 Å². The number of unbranched alkanes of at least 4 members (excludes halogenated alkanes) is 32.